The molecule has 1 saturated carbocycles. The molecule has 3 aromatic heterocycles. The first-order chi connectivity index (χ1) is 17.4. The van der Waals surface area contributed by atoms with E-state index in [1.807, 2.05) is 13.1 Å². The van der Waals surface area contributed by atoms with Gasteiger partial charge in [0.2, 0.25) is 5.91 Å². The molecule has 4 heterocycles. The van der Waals surface area contributed by atoms with Crippen molar-refractivity contribution >= 4 is 23.0 Å². The van der Waals surface area contributed by atoms with Crippen molar-refractivity contribution in [3.63, 3.8) is 0 Å². The summed E-state index contributed by atoms with van der Waals surface area (Å²) in [4.78, 5) is 35.5. The number of hydrogen-bond donors (Lipinski definition) is 3. The molecule has 200 valence electrons. The van der Waals surface area contributed by atoms with Crippen LogP contribution in [-0.2, 0) is 11.3 Å². The van der Waals surface area contributed by atoms with Gasteiger partial charge in [-0.05, 0) is 12.8 Å². The number of halogens is 3. The predicted molar refractivity (Wildman–Crippen MR) is 125 cm³/mol. The molecule has 1 amide bonds. The molecule has 1 atom stereocenters. The second kappa shape index (κ2) is 10.1. The molecule has 0 radical (unpaired) electrons. The molecule has 0 spiro atoms. The lowest BCUT2D eigenvalue weighted by Crippen LogP contribution is -2.55. The first-order valence-electron chi connectivity index (χ1n) is 11.8. The van der Waals surface area contributed by atoms with Gasteiger partial charge < -0.3 is 25.8 Å². The van der Waals surface area contributed by atoms with Crippen LogP contribution in [0.2, 0.25) is 0 Å². The number of amides is 1. The lowest BCUT2D eigenvalue weighted by atomic mass is 9.90. The summed E-state index contributed by atoms with van der Waals surface area (Å²) in [7, 11) is 0. The molecular weight excluding hydrogens is 495 g/mol. The zero-order valence-corrected chi connectivity index (χ0v) is 20.0. The van der Waals surface area contributed by atoms with Gasteiger partial charge in [-0.1, -0.05) is 18.9 Å². The number of carbonyl (C=O) groups excluding carboxylic acids is 1. The monoisotopic (exact) mass is 522 g/mol. The molecular formula is C23H27F3N7O4-. The van der Waals surface area contributed by atoms with E-state index in [-0.39, 0.29) is 24.6 Å². The van der Waals surface area contributed by atoms with Crippen molar-refractivity contribution in [2.45, 2.75) is 57.0 Å². The number of aryl methyl sites for hydroxylation is 1. The van der Waals surface area contributed by atoms with Crippen molar-refractivity contribution in [2.24, 2.45) is 5.92 Å². The highest BCUT2D eigenvalue weighted by Gasteiger charge is 2.55. The summed E-state index contributed by atoms with van der Waals surface area (Å²) in [5.41, 5.74) is 7.35. The third-order valence-electron chi connectivity index (χ3n) is 6.65. The van der Waals surface area contributed by atoms with Crippen LogP contribution in [0, 0.1) is 5.92 Å². The van der Waals surface area contributed by atoms with Crippen LogP contribution in [0.5, 0.6) is 0 Å². The minimum Gasteiger partial charge on any atom is -0.667 e. The summed E-state index contributed by atoms with van der Waals surface area (Å²) in [5.74, 6) is -1.36. The number of aromatic carboxylic acids is 1. The highest BCUT2D eigenvalue weighted by molar-refractivity contribution is 6.00. The molecule has 0 bridgehead atoms. The molecule has 1 saturated heterocycles. The van der Waals surface area contributed by atoms with E-state index in [4.69, 9.17) is 10.8 Å². The average Bonchev–Trinajstić information content (AvgIpc) is 3.44. The topological polar surface area (TPSA) is 161 Å². The number of aliphatic hydroxyl groups is 1. The maximum Gasteiger partial charge on any atom is 0.417 e. The second-order valence-electron chi connectivity index (χ2n) is 9.21. The lowest BCUT2D eigenvalue weighted by Gasteiger charge is -2.40. The zero-order chi connectivity index (χ0) is 27.0. The summed E-state index contributed by atoms with van der Waals surface area (Å²) in [6, 6.07) is -0.845. The SMILES string of the molecule is CCn1cc(-c2cnc3[nH]cc(C(=O)O)c3n2)cn1.[NH-][C@@H](C(=O)N1CCC(O)(C(F)(F)F)CC1)C1CC1. The molecule has 37 heavy (non-hydrogen) atoms. The van der Waals surface area contributed by atoms with Crippen molar-refractivity contribution in [1.82, 2.24) is 29.6 Å². The van der Waals surface area contributed by atoms with Gasteiger partial charge in [0.25, 0.3) is 0 Å². The molecule has 3 aromatic rings. The lowest BCUT2D eigenvalue weighted by molar-refractivity contribution is -0.272. The molecule has 0 aromatic carbocycles. The number of carbonyl (C=O) groups is 2. The number of likely N-dealkylation sites (tertiary alicyclic amines) is 1. The van der Waals surface area contributed by atoms with Gasteiger partial charge in [0, 0.05) is 50.4 Å². The van der Waals surface area contributed by atoms with Gasteiger partial charge >= 0.3 is 12.1 Å². The summed E-state index contributed by atoms with van der Waals surface area (Å²) < 4.78 is 39.5. The number of rotatable bonds is 5. The summed E-state index contributed by atoms with van der Waals surface area (Å²) in [6.45, 7) is 2.49. The predicted octanol–water partition coefficient (Wildman–Crippen LogP) is 3.27. The van der Waals surface area contributed by atoms with Crippen LogP contribution >= 0.6 is 0 Å². The largest absolute Gasteiger partial charge is 0.667 e. The molecule has 11 nitrogen and oxygen atoms in total. The molecule has 4 N–H and O–H groups in total. The molecule has 1 aliphatic carbocycles. The Kier molecular flexibility index (Phi) is 7.24. The number of fused-ring (bicyclic) bond motifs is 1. The summed E-state index contributed by atoms with van der Waals surface area (Å²) in [5, 5.41) is 22.7. The van der Waals surface area contributed by atoms with Gasteiger partial charge in [-0.15, -0.1) is 0 Å². The Morgan fingerprint density at radius 3 is 2.49 bits per heavy atom. The number of H-pyrrole nitrogens is 1. The summed E-state index contributed by atoms with van der Waals surface area (Å²) in [6.07, 6.45) is 2.57. The van der Waals surface area contributed by atoms with Crippen molar-refractivity contribution in [1.29, 1.82) is 0 Å². The quantitative estimate of drug-likeness (QED) is 0.463. The van der Waals surface area contributed by atoms with Gasteiger partial charge in [-0.25, -0.2) is 14.8 Å². The van der Waals surface area contributed by atoms with Crippen molar-refractivity contribution in [3.05, 3.63) is 36.1 Å². The smallest absolute Gasteiger partial charge is 0.417 e. The van der Waals surface area contributed by atoms with Crippen LogP contribution in [0.15, 0.2) is 24.8 Å². The third kappa shape index (κ3) is 5.59. The van der Waals surface area contributed by atoms with E-state index in [1.165, 1.54) is 11.1 Å². The zero-order valence-electron chi connectivity index (χ0n) is 20.0. The number of alkyl halides is 3. The van der Waals surface area contributed by atoms with Gasteiger partial charge in [0.05, 0.1) is 18.1 Å². The van der Waals surface area contributed by atoms with E-state index < -0.39 is 42.5 Å². The maximum absolute atomic E-state index is 12.6. The van der Waals surface area contributed by atoms with Crippen LogP contribution in [0.1, 0.15) is 43.0 Å². The van der Waals surface area contributed by atoms with E-state index in [0.29, 0.717) is 16.9 Å². The minimum absolute atomic E-state index is 0.0703. The van der Waals surface area contributed by atoms with Crippen molar-refractivity contribution in [3.8, 4) is 11.3 Å². The normalized spacial score (nSPS) is 18.3. The minimum atomic E-state index is -4.65. The van der Waals surface area contributed by atoms with E-state index >= 15 is 0 Å². The average molecular weight is 523 g/mol. The van der Waals surface area contributed by atoms with Crippen molar-refractivity contribution < 1.29 is 33.0 Å². The standard InChI is InChI=1S/C12H11N5O2.C11H16F3N2O2/c1-2-17-6-7(3-15-17)9-5-14-11-10(16-9)8(4-13-11)12(18)19;12-11(13,14)10(18)3-5-16(6-4-10)9(17)8(15)7-1-2-7/h3-6H,2H2,1H3,(H,13,14)(H,18,19);7-8,15,18H,1-6H2/q;-1/t;8-/m.1/s1. The van der Waals surface area contributed by atoms with Crippen LogP contribution < -0.4 is 0 Å². The number of nitrogens with zero attached hydrogens (tertiary/aromatic N) is 5. The first kappa shape index (κ1) is 26.5. The van der Waals surface area contributed by atoms with Crippen LogP contribution in [-0.4, -0.2) is 82.6 Å². The Hall–Kier alpha value is -3.52. The Morgan fingerprint density at radius 2 is 1.95 bits per heavy atom. The van der Waals surface area contributed by atoms with Gasteiger partial charge in [-0.2, -0.15) is 18.3 Å². The van der Waals surface area contributed by atoms with Gasteiger partial charge in [0.15, 0.2) is 11.2 Å². The highest BCUT2D eigenvalue weighted by atomic mass is 19.4. The second-order valence-corrected chi connectivity index (χ2v) is 9.21. The number of carboxylic acid groups (broad SMARTS) is 1. The van der Waals surface area contributed by atoms with Crippen LogP contribution in [0.3, 0.4) is 0 Å². The number of aromatic amines is 1. The van der Waals surface area contributed by atoms with Gasteiger partial charge in [-0.3, -0.25) is 9.48 Å². The van der Waals surface area contributed by atoms with Gasteiger partial charge in [0.1, 0.15) is 11.1 Å². The van der Waals surface area contributed by atoms with Crippen LogP contribution in [0.4, 0.5) is 13.2 Å². The first-order valence-corrected chi connectivity index (χ1v) is 11.8. The Morgan fingerprint density at radius 1 is 1.27 bits per heavy atom. The highest BCUT2D eigenvalue weighted by Crippen LogP contribution is 2.39. The molecule has 1 aliphatic heterocycles. The fourth-order valence-corrected chi connectivity index (χ4v) is 4.07. The third-order valence-corrected chi connectivity index (χ3v) is 6.65. The fraction of sp³-hybridized carbons (Fsp3) is 0.522. The van der Waals surface area contributed by atoms with E-state index in [1.54, 1.807) is 17.1 Å². The van der Waals surface area contributed by atoms with E-state index in [0.717, 1.165) is 24.9 Å². The molecule has 2 fully saturated rings. The fourth-order valence-electron chi connectivity index (χ4n) is 4.07. The number of hydrogen-bond acceptors (Lipinski definition) is 6. The van der Waals surface area contributed by atoms with E-state index in [2.05, 4.69) is 20.1 Å². The Balaban J connectivity index is 0.000000173. The van der Waals surface area contributed by atoms with Crippen LogP contribution in [0.25, 0.3) is 28.2 Å². The van der Waals surface area contributed by atoms with Crippen molar-refractivity contribution in [2.75, 3.05) is 13.1 Å². The number of piperidine rings is 1. The van der Waals surface area contributed by atoms with E-state index in [9.17, 15) is 27.9 Å². The number of carboxylic acids is 1. The summed E-state index contributed by atoms with van der Waals surface area (Å²) >= 11 is 0. The molecule has 0 unspecified atom stereocenters. The Labute approximate surface area is 209 Å². The molecule has 5 rings (SSSR count). The maximum atomic E-state index is 12.6. The Bertz CT molecular complexity index is 1280. The number of aromatic nitrogens is 5. The number of nitrogens with one attached hydrogen (secondary N) is 2. The molecule has 2 aliphatic rings. The molecule has 14 heteroatoms.